The predicted molar refractivity (Wildman–Crippen MR) is 169 cm³/mol. The van der Waals surface area contributed by atoms with E-state index in [1.807, 2.05) is 0 Å². The van der Waals surface area contributed by atoms with Crippen LogP contribution in [0, 0.1) is 56.7 Å². The molecule has 0 amide bonds. The molecule has 10 atom stereocenters. The van der Waals surface area contributed by atoms with Gasteiger partial charge < -0.3 is 20.1 Å². The summed E-state index contributed by atoms with van der Waals surface area (Å²) in [4.78, 5) is 14.2. The first-order valence-corrected chi connectivity index (χ1v) is 17.2. The van der Waals surface area contributed by atoms with E-state index < -0.39 is 5.41 Å². The molecule has 1 aromatic rings. The molecule has 5 aliphatic carbocycles. The Kier molecular flexibility index (Phi) is 7.39. The highest BCUT2D eigenvalue weighted by Crippen LogP contribution is 2.75. The van der Waals surface area contributed by atoms with Crippen LogP contribution in [0.15, 0.2) is 29.8 Å². The summed E-state index contributed by atoms with van der Waals surface area (Å²) in [6.07, 6.45) is 12.2. The van der Waals surface area contributed by atoms with Crippen LogP contribution < -0.4 is 0 Å². The number of fused-ring (bicyclic) bond motifs is 7. The van der Waals surface area contributed by atoms with Crippen LogP contribution in [0.4, 0.5) is 0 Å². The number of esters is 1. The zero-order valence-electron chi connectivity index (χ0n) is 27.7. The number of carbonyl (C=O) groups excluding carboxylic acids is 1. The van der Waals surface area contributed by atoms with E-state index in [2.05, 4.69) is 54.5 Å². The van der Waals surface area contributed by atoms with Crippen molar-refractivity contribution in [3.63, 3.8) is 0 Å². The lowest BCUT2D eigenvalue weighted by atomic mass is 9.33. The number of phenols is 2. The van der Waals surface area contributed by atoms with E-state index in [1.165, 1.54) is 18.9 Å². The molecule has 5 aliphatic rings. The maximum atomic E-state index is 14.2. The normalized spacial score (nSPS) is 45.1. The molecule has 238 valence electrons. The largest absolute Gasteiger partial charge is 0.504 e. The van der Waals surface area contributed by atoms with E-state index in [4.69, 9.17) is 4.74 Å². The molecule has 5 nitrogen and oxygen atoms in total. The molecular weight excluding hydrogens is 536 g/mol. The van der Waals surface area contributed by atoms with E-state index >= 15 is 0 Å². The van der Waals surface area contributed by atoms with Crippen LogP contribution >= 0.6 is 0 Å². The van der Waals surface area contributed by atoms with E-state index in [0.717, 1.165) is 50.5 Å². The molecule has 4 saturated carbocycles. The first kappa shape index (κ1) is 31.0. The van der Waals surface area contributed by atoms with Crippen molar-refractivity contribution in [1.82, 2.24) is 0 Å². The summed E-state index contributed by atoms with van der Waals surface area (Å²) < 4.78 is 6.13. The number of carbonyl (C=O) groups is 1. The summed E-state index contributed by atoms with van der Waals surface area (Å²) in [5, 5.41) is 30.6. The molecule has 1 aromatic carbocycles. The second-order valence-electron chi connectivity index (χ2n) is 16.9. The van der Waals surface area contributed by atoms with Gasteiger partial charge in [0.1, 0.15) is 0 Å². The van der Waals surface area contributed by atoms with Crippen LogP contribution in [0.2, 0.25) is 0 Å². The molecule has 6 rings (SSSR count). The molecule has 3 N–H and O–H groups in total. The van der Waals surface area contributed by atoms with E-state index in [0.29, 0.717) is 30.1 Å². The minimum Gasteiger partial charge on any atom is -0.504 e. The summed E-state index contributed by atoms with van der Waals surface area (Å²) in [6, 6.07) is 4.81. The first-order valence-electron chi connectivity index (χ1n) is 17.2. The number of hydrogen-bond donors (Lipinski definition) is 3. The van der Waals surface area contributed by atoms with Gasteiger partial charge in [-0.25, -0.2) is 0 Å². The lowest BCUT2D eigenvalue weighted by Crippen LogP contribution is -2.65. The summed E-state index contributed by atoms with van der Waals surface area (Å²) in [7, 11) is 0. The number of ether oxygens (including phenoxy) is 1. The Morgan fingerprint density at radius 2 is 1.65 bits per heavy atom. The van der Waals surface area contributed by atoms with Gasteiger partial charge in [0.15, 0.2) is 11.5 Å². The molecule has 0 saturated heterocycles. The number of hydrogen-bond acceptors (Lipinski definition) is 5. The molecule has 43 heavy (non-hydrogen) atoms. The second-order valence-corrected chi connectivity index (χ2v) is 16.9. The Hall–Kier alpha value is -2.01. The third-order valence-corrected chi connectivity index (χ3v) is 15.0. The Morgan fingerprint density at radius 1 is 0.907 bits per heavy atom. The van der Waals surface area contributed by atoms with Crippen LogP contribution in [-0.2, 0) is 16.0 Å². The van der Waals surface area contributed by atoms with Gasteiger partial charge in [-0.2, -0.15) is 0 Å². The highest BCUT2D eigenvalue weighted by molar-refractivity contribution is 5.79. The number of benzene rings is 1. The smallest absolute Gasteiger partial charge is 0.312 e. The predicted octanol–water partition coefficient (Wildman–Crippen LogP) is 8.20. The molecule has 0 heterocycles. The van der Waals surface area contributed by atoms with Gasteiger partial charge in [-0.05, 0) is 127 Å². The SMILES string of the molecule is C[C@H]1[C@H](C)CC[C@]2(C(=O)OCCc3ccc(O)c(O)c3)CC[C@]3(C)C(=CC[C@@H]4[C@@]5(C)CC[C@H](O)C(C)(C)[C@@H]5CC[C@]43C)[C@H]12. The van der Waals surface area contributed by atoms with Gasteiger partial charge in [0, 0.05) is 6.42 Å². The quantitative estimate of drug-likeness (QED) is 0.186. The van der Waals surface area contributed by atoms with Crippen molar-refractivity contribution in [2.75, 3.05) is 6.61 Å². The van der Waals surface area contributed by atoms with Crippen molar-refractivity contribution in [1.29, 1.82) is 0 Å². The summed E-state index contributed by atoms with van der Waals surface area (Å²) in [5.41, 5.74) is 2.28. The number of rotatable bonds is 4. The molecular formula is C38H56O5. The third kappa shape index (κ3) is 4.29. The summed E-state index contributed by atoms with van der Waals surface area (Å²) >= 11 is 0. The maximum Gasteiger partial charge on any atom is 0.312 e. The van der Waals surface area contributed by atoms with Gasteiger partial charge in [-0.1, -0.05) is 66.2 Å². The zero-order chi connectivity index (χ0) is 31.2. The molecule has 0 spiro atoms. The number of aliphatic hydroxyl groups excluding tert-OH is 1. The van der Waals surface area contributed by atoms with Crippen molar-refractivity contribution in [3.8, 4) is 11.5 Å². The number of aliphatic hydroxyl groups is 1. The lowest BCUT2D eigenvalue weighted by molar-refractivity contribution is -0.207. The van der Waals surface area contributed by atoms with Crippen LogP contribution in [0.1, 0.15) is 112 Å². The highest BCUT2D eigenvalue weighted by Gasteiger charge is 2.69. The number of phenolic OH excluding ortho intramolecular Hbond substituents is 2. The summed E-state index contributed by atoms with van der Waals surface area (Å²) in [5.74, 6) is 1.98. The van der Waals surface area contributed by atoms with Crippen molar-refractivity contribution in [2.45, 2.75) is 119 Å². The molecule has 0 aliphatic heterocycles. The van der Waals surface area contributed by atoms with Crippen LogP contribution in [0.25, 0.3) is 0 Å². The lowest BCUT2D eigenvalue weighted by Gasteiger charge is -2.71. The Labute approximate surface area is 259 Å². The van der Waals surface area contributed by atoms with Gasteiger partial charge in [-0.15, -0.1) is 0 Å². The Morgan fingerprint density at radius 3 is 2.37 bits per heavy atom. The first-order chi connectivity index (χ1) is 20.1. The zero-order valence-corrected chi connectivity index (χ0v) is 27.7. The Balaban J connectivity index is 1.31. The topological polar surface area (TPSA) is 87.0 Å². The molecule has 0 radical (unpaired) electrons. The molecule has 4 fully saturated rings. The van der Waals surface area contributed by atoms with Gasteiger partial charge in [0.2, 0.25) is 0 Å². The molecule has 0 bridgehead atoms. The van der Waals surface area contributed by atoms with E-state index in [-0.39, 0.29) is 57.8 Å². The fourth-order valence-electron chi connectivity index (χ4n) is 12.0. The fraction of sp³-hybridized carbons (Fsp3) is 0.763. The number of aromatic hydroxyl groups is 2. The van der Waals surface area contributed by atoms with Gasteiger partial charge in [-0.3, -0.25) is 4.79 Å². The van der Waals surface area contributed by atoms with Gasteiger partial charge in [0.05, 0.1) is 18.1 Å². The van der Waals surface area contributed by atoms with Crippen LogP contribution in [0.5, 0.6) is 11.5 Å². The summed E-state index contributed by atoms with van der Waals surface area (Å²) in [6.45, 7) is 17.4. The van der Waals surface area contributed by atoms with Crippen molar-refractivity contribution < 1.29 is 24.9 Å². The van der Waals surface area contributed by atoms with Crippen molar-refractivity contribution >= 4 is 5.97 Å². The third-order valence-electron chi connectivity index (χ3n) is 15.0. The minimum absolute atomic E-state index is 0.0341. The van der Waals surface area contributed by atoms with Crippen LogP contribution in [0.3, 0.4) is 0 Å². The van der Waals surface area contributed by atoms with E-state index in [9.17, 15) is 20.1 Å². The standard InChI is InChI=1S/C38H56O5/c1-23-12-18-38(33(42)43-21-15-25-8-10-27(39)28(40)22-25)20-19-36(6)26(32(38)24(23)2)9-11-30-35(5)16-14-31(41)34(3,4)29(35)13-17-37(30,36)7/h8-10,22-24,29-32,39-41H,11-21H2,1-7H3/t23-,24+,29+,30-,31+,32+,35+,36-,37-,38+/m1/s1. The monoisotopic (exact) mass is 592 g/mol. The molecule has 0 aromatic heterocycles. The Bertz CT molecular complexity index is 1300. The minimum atomic E-state index is -0.477. The molecule has 0 unspecified atom stereocenters. The van der Waals surface area contributed by atoms with E-state index in [1.54, 1.807) is 17.7 Å². The highest BCUT2D eigenvalue weighted by atomic mass is 16.5. The van der Waals surface area contributed by atoms with Crippen molar-refractivity contribution in [3.05, 3.63) is 35.4 Å². The second kappa shape index (κ2) is 10.3. The maximum absolute atomic E-state index is 14.2. The van der Waals surface area contributed by atoms with Gasteiger partial charge in [0.25, 0.3) is 0 Å². The van der Waals surface area contributed by atoms with Gasteiger partial charge >= 0.3 is 5.97 Å². The fourth-order valence-corrected chi connectivity index (χ4v) is 12.0. The average molecular weight is 593 g/mol. The molecule has 5 heteroatoms. The number of allylic oxidation sites excluding steroid dienone is 2. The van der Waals surface area contributed by atoms with Crippen molar-refractivity contribution in [2.24, 2.45) is 56.7 Å². The van der Waals surface area contributed by atoms with Crippen LogP contribution in [-0.4, -0.2) is 34.0 Å². The average Bonchev–Trinajstić information content (AvgIpc) is 2.95.